The van der Waals surface area contributed by atoms with Crippen molar-refractivity contribution in [2.75, 3.05) is 19.5 Å². The fourth-order valence-electron chi connectivity index (χ4n) is 3.38. The standard InChI is InChI=1S/C25H30N2O4/c1-16(2)12-18-6-8-19(9-7-18)23-15-26-25(31-23)11-10-24(28)27-20-14-22(30-5)21(29-4)13-17(20)3/h6-9,13-16H,10-12H2,1-5H3,(H,27,28). The number of nitrogens with zero attached hydrogens (tertiary/aromatic N) is 1. The Morgan fingerprint density at radius 1 is 1.10 bits per heavy atom. The number of oxazole rings is 1. The van der Waals surface area contributed by atoms with E-state index < -0.39 is 0 Å². The van der Waals surface area contributed by atoms with Crippen molar-refractivity contribution in [1.82, 2.24) is 4.98 Å². The van der Waals surface area contributed by atoms with Crippen molar-refractivity contribution in [3.8, 4) is 22.8 Å². The topological polar surface area (TPSA) is 73.6 Å². The summed E-state index contributed by atoms with van der Waals surface area (Å²) in [4.78, 5) is 16.8. The molecule has 1 amide bonds. The van der Waals surface area contributed by atoms with Gasteiger partial charge in [-0.25, -0.2) is 4.98 Å². The number of hydrogen-bond acceptors (Lipinski definition) is 5. The van der Waals surface area contributed by atoms with Crippen LogP contribution in [0.5, 0.6) is 11.5 Å². The number of ether oxygens (including phenoxy) is 2. The predicted molar refractivity (Wildman–Crippen MR) is 122 cm³/mol. The Kier molecular flexibility index (Phi) is 7.34. The van der Waals surface area contributed by atoms with Crippen molar-refractivity contribution in [2.24, 2.45) is 5.92 Å². The molecule has 0 atom stereocenters. The van der Waals surface area contributed by atoms with Gasteiger partial charge in [0, 0.05) is 30.2 Å². The van der Waals surface area contributed by atoms with Crippen LogP contribution in [-0.4, -0.2) is 25.1 Å². The second-order valence-corrected chi connectivity index (χ2v) is 7.98. The van der Waals surface area contributed by atoms with E-state index in [1.165, 1.54) is 5.56 Å². The SMILES string of the molecule is COc1cc(C)c(NC(=O)CCc2ncc(-c3ccc(CC(C)C)cc3)o2)cc1OC. The Morgan fingerprint density at radius 3 is 2.42 bits per heavy atom. The molecule has 31 heavy (non-hydrogen) atoms. The zero-order valence-corrected chi connectivity index (χ0v) is 18.8. The molecule has 2 aromatic carbocycles. The lowest BCUT2D eigenvalue weighted by Crippen LogP contribution is -2.13. The molecule has 3 rings (SSSR count). The lowest BCUT2D eigenvalue weighted by molar-refractivity contribution is -0.116. The summed E-state index contributed by atoms with van der Waals surface area (Å²) < 4.78 is 16.5. The van der Waals surface area contributed by atoms with Crippen LogP contribution in [0.1, 0.15) is 37.3 Å². The molecular weight excluding hydrogens is 392 g/mol. The molecule has 0 radical (unpaired) electrons. The number of aryl methyl sites for hydroxylation is 2. The van der Waals surface area contributed by atoms with Gasteiger partial charge in [-0.2, -0.15) is 0 Å². The van der Waals surface area contributed by atoms with E-state index in [0.29, 0.717) is 41.2 Å². The highest BCUT2D eigenvalue weighted by Crippen LogP contribution is 2.33. The number of rotatable bonds is 9. The number of hydrogen-bond donors (Lipinski definition) is 1. The quantitative estimate of drug-likeness (QED) is 0.497. The number of carbonyl (C=O) groups is 1. The molecule has 1 aromatic heterocycles. The van der Waals surface area contributed by atoms with Crippen LogP contribution in [0.3, 0.4) is 0 Å². The van der Waals surface area contributed by atoms with Gasteiger partial charge in [0.25, 0.3) is 0 Å². The summed E-state index contributed by atoms with van der Waals surface area (Å²) in [6, 6.07) is 11.9. The zero-order chi connectivity index (χ0) is 22.4. The number of nitrogens with one attached hydrogen (secondary N) is 1. The lowest BCUT2D eigenvalue weighted by Gasteiger charge is -2.13. The van der Waals surface area contributed by atoms with E-state index in [0.717, 1.165) is 17.5 Å². The fourth-order valence-corrected chi connectivity index (χ4v) is 3.38. The molecule has 0 aliphatic rings. The maximum absolute atomic E-state index is 12.4. The molecule has 0 unspecified atom stereocenters. The third-order valence-electron chi connectivity index (χ3n) is 5.01. The van der Waals surface area contributed by atoms with Crippen molar-refractivity contribution >= 4 is 11.6 Å². The minimum Gasteiger partial charge on any atom is -0.493 e. The van der Waals surface area contributed by atoms with Crippen molar-refractivity contribution in [3.05, 3.63) is 59.6 Å². The summed E-state index contributed by atoms with van der Waals surface area (Å²) in [5.74, 6) is 2.95. The van der Waals surface area contributed by atoms with Crippen LogP contribution < -0.4 is 14.8 Å². The third-order valence-corrected chi connectivity index (χ3v) is 5.01. The van der Waals surface area contributed by atoms with Crippen LogP contribution in [0.25, 0.3) is 11.3 Å². The summed E-state index contributed by atoms with van der Waals surface area (Å²) in [7, 11) is 3.15. The maximum Gasteiger partial charge on any atom is 0.224 e. The van der Waals surface area contributed by atoms with Crippen molar-refractivity contribution in [2.45, 2.75) is 40.0 Å². The van der Waals surface area contributed by atoms with E-state index in [1.54, 1.807) is 26.5 Å². The Morgan fingerprint density at radius 2 is 1.77 bits per heavy atom. The van der Waals surface area contributed by atoms with Gasteiger partial charge in [-0.05, 0) is 36.5 Å². The van der Waals surface area contributed by atoms with Gasteiger partial charge in [0.1, 0.15) is 0 Å². The molecule has 6 nitrogen and oxygen atoms in total. The average molecular weight is 423 g/mol. The monoisotopic (exact) mass is 422 g/mol. The average Bonchev–Trinajstić information content (AvgIpc) is 3.22. The Bertz CT molecular complexity index is 1020. The molecular formula is C25H30N2O4. The van der Waals surface area contributed by atoms with Crippen LogP contribution >= 0.6 is 0 Å². The van der Waals surface area contributed by atoms with Gasteiger partial charge in [-0.15, -0.1) is 0 Å². The predicted octanol–water partition coefficient (Wildman–Crippen LogP) is 5.44. The van der Waals surface area contributed by atoms with E-state index in [1.807, 2.05) is 13.0 Å². The molecule has 1 N–H and O–H groups in total. The molecule has 1 heterocycles. The highest BCUT2D eigenvalue weighted by atomic mass is 16.5. The third kappa shape index (κ3) is 5.87. The molecule has 0 spiro atoms. The summed E-state index contributed by atoms with van der Waals surface area (Å²) in [5.41, 5.74) is 3.87. The van der Waals surface area contributed by atoms with Gasteiger partial charge in [0.2, 0.25) is 5.91 Å². The Hall–Kier alpha value is -3.28. The van der Waals surface area contributed by atoms with Crippen LogP contribution in [0.2, 0.25) is 0 Å². The summed E-state index contributed by atoms with van der Waals surface area (Å²) >= 11 is 0. The van der Waals surface area contributed by atoms with E-state index in [2.05, 4.69) is 48.4 Å². The number of anilines is 1. The fraction of sp³-hybridized carbons (Fsp3) is 0.360. The second-order valence-electron chi connectivity index (χ2n) is 7.98. The minimum absolute atomic E-state index is 0.117. The summed E-state index contributed by atoms with van der Waals surface area (Å²) in [6.07, 6.45) is 3.45. The first-order valence-electron chi connectivity index (χ1n) is 10.5. The Balaban J connectivity index is 1.59. The number of amides is 1. The van der Waals surface area contributed by atoms with Gasteiger partial charge >= 0.3 is 0 Å². The van der Waals surface area contributed by atoms with Crippen molar-refractivity contribution in [3.63, 3.8) is 0 Å². The van der Waals surface area contributed by atoms with Gasteiger partial charge in [0.05, 0.1) is 20.4 Å². The van der Waals surface area contributed by atoms with E-state index in [4.69, 9.17) is 13.9 Å². The number of aromatic nitrogens is 1. The first kappa shape index (κ1) is 22.4. The molecule has 6 heteroatoms. The molecule has 0 saturated carbocycles. The highest BCUT2D eigenvalue weighted by molar-refractivity contribution is 5.92. The number of carbonyl (C=O) groups excluding carboxylic acids is 1. The van der Waals surface area contributed by atoms with Gasteiger partial charge in [-0.1, -0.05) is 38.1 Å². The van der Waals surface area contributed by atoms with Crippen LogP contribution in [0.4, 0.5) is 5.69 Å². The smallest absolute Gasteiger partial charge is 0.224 e. The zero-order valence-electron chi connectivity index (χ0n) is 18.8. The summed E-state index contributed by atoms with van der Waals surface area (Å²) in [6.45, 7) is 6.32. The van der Waals surface area contributed by atoms with Crippen LogP contribution in [0.15, 0.2) is 47.0 Å². The molecule has 0 fully saturated rings. The first-order valence-corrected chi connectivity index (χ1v) is 10.5. The molecule has 0 saturated heterocycles. The van der Waals surface area contributed by atoms with Crippen molar-refractivity contribution < 1.29 is 18.7 Å². The van der Waals surface area contributed by atoms with E-state index in [-0.39, 0.29) is 12.3 Å². The molecule has 164 valence electrons. The van der Waals surface area contributed by atoms with Gasteiger partial charge in [0.15, 0.2) is 23.1 Å². The first-order chi connectivity index (χ1) is 14.9. The largest absolute Gasteiger partial charge is 0.493 e. The molecule has 0 aliphatic heterocycles. The highest BCUT2D eigenvalue weighted by Gasteiger charge is 2.13. The van der Waals surface area contributed by atoms with E-state index in [9.17, 15) is 4.79 Å². The number of benzene rings is 2. The normalized spacial score (nSPS) is 10.9. The van der Waals surface area contributed by atoms with Gasteiger partial charge < -0.3 is 19.2 Å². The Labute approximate surface area is 183 Å². The van der Waals surface area contributed by atoms with Gasteiger partial charge in [-0.3, -0.25) is 4.79 Å². The van der Waals surface area contributed by atoms with Crippen LogP contribution in [-0.2, 0) is 17.6 Å². The van der Waals surface area contributed by atoms with E-state index >= 15 is 0 Å². The minimum atomic E-state index is -0.117. The molecule has 0 bridgehead atoms. The molecule has 3 aromatic rings. The maximum atomic E-state index is 12.4. The molecule has 0 aliphatic carbocycles. The van der Waals surface area contributed by atoms with Crippen LogP contribution in [0, 0.1) is 12.8 Å². The second kappa shape index (κ2) is 10.2. The number of methoxy groups -OCH3 is 2. The lowest BCUT2D eigenvalue weighted by atomic mass is 10.0. The van der Waals surface area contributed by atoms with Crippen molar-refractivity contribution in [1.29, 1.82) is 0 Å². The summed E-state index contributed by atoms with van der Waals surface area (Å²) in [5, 5.41) is 2.92.